The molecule has 49 heavy (non-hydrogen) atoms. The first-order chi connectivity index (χ1) is 23.2. The molecule has 1 aromatic rings. The third-order valence-electron chi connectivity index (χ3n) is 9.20. The minimum Gasteiger partial charge on any atom is -0.491 e. The molecular formula is C40H64F2N2O5. The Morgan fingerprint density at radius 3 is 2.39 bits per heavy atom. The van der Waals surface area contributed by atoms with Crippen LogP contribution in [0.4, 0.5) is 8.78 Å². The van der Waals surface area contributed by atoms with Gasteiger partial charge in [0.25, 0.3) is 0 Å². The van der Waals surface area contributed by atoms with Crippen molar-refractivity contribution in [2.75, 3.05) is 32.9 Å². The summed E-state index contributed by atoms with van der Waals surface area (Å²) in [7, 11) is 0. The monoisotopic (exact) mass is 690 g/mol. The molecule has 0 bridgehead atoms. The zero-order chi connectivity index (χ0) is 36.4. The van der Waals surface area contributed by atoms with Crippen LogP contribution in [0.25, 0.3) is 0 Å². The van der Waals surface area contributed by atoms with Gasteiger partial charge in [0.05, 0.1) is 19.3 Å². The van der Waals surface area contributed by atoms with Crippen molar-refractivity contribution in [1.82, 2.24) is 10.6 Å². The molecule has 0 radical (unpaired) electrons. The Kier molecular flexibility index (Phi) is 18.4. The molecule has 2 atom stereocenters. The van der Waals surface area contributed by atoms with Crippen LogP contribution < -0.4 is 15.4 Å². The predicted molar refractivity (Wildman–Crippen MR) is 198 cm³/mol. The average Bonchev–Trinajstić information content (AvgIpc) is 3.06. The SMILES string of the molecule is C=CC(=O)NCC1CCCC(O/C(=C/C(=C)F)C(=C)C(C)C)C1.CC(C)c1ccc(F)cc1OCCOCCNC(=O)C1(C)CCCCC1.[HH].[HH]. The quantitative estimate of drug-likeness (QED) is 0.0737. The zero-order valence-electron chi connectivity index (χ0n) is 30.5. The Morgan fingerprint density at radius 2 is 1.76 bits per heavy atom. The molecule has 1 aromatic carbocycles. The van der Waals surface area contributed by atoms with E-state index in [0.29, 0.717) is 50.3 Å². The molecule has 0 saturated heterocycles. The Hall–Kier alpha value is -3.46. The summed E-state index contributed by atoms with van der Waals surface area (Å²) < 4.78 is 43.8. The van der Waals surface area contributed by atoms with Gasteiger partial charge in [-0.05, 0) is 79.6 Å². The number of hydrogen-bond donors (Lipinski definition) is 2. The molecular weight excluding hydrogens is 626 g/mol. The molecule has 2 saturated carbocycles. The summed E-state index contributed by atoms with van der Waals surface area (Å²) in [5.41, 5.74) is 1.54. The van der Waals surface area contributed by atoms with Crippen molar-refractivity contribution in [2.45, 2.75) is 104 Å². The van der Waals surface area contributed by atoms with Crippen molar-refractivity contribution in [3.8, 4) is 5.75 Å². The summed E-state index contributed by atoms with van der Waals surface area (Å²) in [4.78, 5) is 23.6. The van der Waals surface area contributed by atoms with Crippen LogP contribution in [-0.2, 0) is 19.1 Å². The van der Waals surface area contributed by atoms with Crippen molar-refractivity contribution >= 4 is 11.8 Å². The summed E-state index contributed by atoms with van der Waals surface area (Å²) in [6.45, 7) is 23.2. The topological polar surface area (TPSA) is 85.9 Å². The van der Waals surface area contributed by atoms with Gasteiger partial charge in [-0.1, -0.05) is 79.7 Å². The van der Waals surface area contributed by atoms with E-state index in [2.05, 4.69) is 37.3 Å². The van der Waals surface area contributed by atoms with Gasteiger partial charge in [-0.2, -0.15) is 0 Å². The molecule has 0 spiro atoms. The smallest absolute Gasteiger partial charge is 0.243 e. The first-order valence-electron chi connectivity index (χ1n) is 17.9. The highest BCUT2D eigenvalue weighted by atomic mass is 19.1. The van der Waals surface area contributed by atoms with Crippen LogP contribution in [0.3, 0.4) is 0 Å². The number of benzene rings is 1. The summed E-state index contributed by atoms with van der Waals surface area (Å²) in [6.07, 6.45) is 11.9. The molecule has 0 aromatic heterocycles. The summed E-state index contributed by atoms with van der Waals surface area (Å²) in [5, 5.41) is 5.81. The van der Waals surface area contributed by atoms with Crippen molar-refractivity contribution < 1.29 is 35.4 Å². The standard InChI is InChI=1S/C21H32FNO3.C19H28FNO2.2H2/c1-16(2)18-8-7-17(22)15-19(18)26-14-13-25-12-11-23-20(24)21(3)9-5-4-6-10-21;1-6-19(22)21-12-16-8-7-9-17(11-16)23-18(10-14(4)20)15(5)13(2)3;;/h7-8,15-16H,4-6,9-14H2,1-3H3,(H,23,24);6,10,13,16-17H,1,4-5,7-9,11-12H2,2-3H3,(H,21,22);2*1H/b;18-10+;;. The summed E-state index contributed by atoms with van der Waals surface area (Å²) in [5.74, 6) is 0.996. The van der Waals surface area contributed by atoms with E-state index in [9.17, 15) is 18.4 Å². The predicted octanol–water partition coefficient (Wildman–Crippen LogP) is 9.37. The molecule has 3 rings (SSSR count). The maximum absolute atomic E-state index is 13.4. The van der Waals surface area contributed by atoms with Gasteiger partial charge >= 0.3 is 0 Å². The van der Waals surface area contributed by atoms with Gasteiger partial charge in [-0.25, -0.2) is 8.78 Å². The second kappa shape index (κ2) is 21.6. The molecule has 7 nitrogen and oxygen atoms in total. The van der Waals surface area contributed by atoms with Crippen LogP contribution in [-0.4, -0.2) is 50.8 Å². The molecule has 278 valence electrons. The average molecular weight is 691 g/mol. The molecule has 0 aliphatic heterocycles. The fourth-order valence-electron chi connectivity index (χ4n) is 6.09. The number of carbonyl (C=O) groups is 2. The van der Waals surface area contributed by atoms with E-state index < -0.39 is 5.83 Å². The van der Waals surface area contributed by atoms with Crippen molar-refractivity contribution in [2.24, 2.45) is 17.3 Å². The molecule has 2 aliphatic rings. The zero-order valence-corrected chi connectivity index (χ0v) is 30.5. The highest BCUT2D eigenvalue weighted by molar-refractivity contribution is 5.86. The fraction of sp³-hybridized carbons (Fsp3) is 0.600. The molecule has 9 heteroatoms. The van der Waals surface area contributed by atoms with Gasteiger partial charge < -0.3 is 24.8 Å². The maximum Gasteiger partial charge on any atom is 0.243 e. The first kappa shape index (κ1) is 41.7. The second-order valence-electron chi connectivity index (χ2n) is 14.0. The van der Waals surface area contributed by atoms with Gasteiger partial charge in [0.15, 0.2) is 0 Å². The number of nitrogens with one attached hydrogen (secondary N) is 2. The normalized spacial score (nSPS) is 18.9. The highest BCUT2D eigenvalue weighted by Gasteiger charge is 2.34. The lowest BCUT2D eigenvalue weighted by Crippen LogP contribution is -2.41. The first-order valence-corrected chi connectivity index (χ1v) is 17.9. The maximum atomic E-state index is 13.4. The van der Waals surface area contributed by atoms with E-state index in [1.54, 1.807) is 6.07 Å². The van der Waals surface area contributed by atoms with Crippen LogP contribution in [0.1, 0.15) is 107 Å². The number of ether oxygens (including phenoxy) is 3. The van der Waals surface area contributed by atoms with E-state index in [1.807, 2.05) is 27.7 Å². The van der Waals surface area contributed by atoms with Gasteiger partial charge in [0, 0.05) is 33.5 Å². The molecule has 2 amide bonds. The van der Waals surface area contributed by atoms with Crippen molar-refractivity contribution in [1.29, 1.82) is 0 Å². The van der Waals surface area contributed by atoms with Crippen LogP contribution in [0.5, 0.6) is 5.75 Å². The van der Waals surface area contributed by atoms with E-state index in [-0.39, 0.29) is 43.8 Å². The van der Waals surface area contributed by atoms with Gasteiger partial charge in [0.1, 0.15) is 29.8 Å². The minimum atomic E-state index is -0.535. The third kappa shape index (κ3) is 15.3. The van der Waals surface area contributed by atoms with Crippen LogP contribution in [0, 0.1) is 23.1 Å². The number of allylic oxidation sites excluding steroid dienone is 3. The van der Waals surface area contributed by atoms with Crippen molar-refractivity contribution in [3.63, 3.8) is 0 Å². The van der Waals surface area contributed by atoms with Crippen LogP contribution >= 0.6 is 0 Å². The van der Waals surface area contributed by atoms with Crippen LogP contribution in [0.15, 0.2) is 67.2 Å². The summed E-state index contributed by atoms with van der Waals surface area (Å²) >= 11 is 0. The third-order valence-corrected chi connectivity index (χ3v) is 9.20. The van der Waals surface area contributed by atoms with Crippen molar-refractivity contribution in [3.05, 3.63) is 78.6 Å². The second-order valence-corrected chi connectivity index (χ2v) is 14.0. The van der Waals surface area contributed by atoms with Gasteiger partial charge in [-0.15, -0.1) is 0 Å². The lowest BCUT2D eigenvalue weighted by Gasteiger charge is -2.31. The molecule has 2 fully saturated rings. The number of amides is 2. The molecule has 2 aliphatic carbocycles. The Bertz CT molecular complexity index is 1280. The highest BCUT2D eigenvalue weighted by Crippen LogP contribution is 2.36. The van der Waals surface area contributed by atoms with Crippen LogP contribution in [0.2, 0.25) is 0 Å². The fourth-order valence-corrected chi connectivity index (χ4v) is 6.09. The Labute approximate surface area is 296 Å². The van der Waals surface area contributed by atoms with E-state index in [4.69, 9.17) is 14.2 Å². The Balaban J connectivity index is 0.000000951. The number of halogens is 2. The van der Waals surface area contributed by atoms with E-state index in [0.717, 1.165) is 62.5 Å². The molecule has 2 unspecified atom stereocenters. The number of carbonyl (C=O) groups excluding carboxylic acids is 2. The lowest BCUT2D eigenvalue weighted by atomic mass is 9.75. The van der Waals surface area contributed by atoms with Gasteiger partial charge in [-0.3, -0.25) is 9.59 Å². The lowest BCUT2D eigenvalue weighted by molar-refractivity contribution is -0.132. The number of hydrogen-bond acceptors (Lipinski definition) is 5. The Morgan fingerprint density at radius 1 is 1.04 bits per heavy atom. The van der Waals surface area contributed by atoms with E-state index in [1.165, 1.54) is 30.7 Å². The summed E-state index contributed by atoms with van der Waals surface area (Å²) in [6, 6.07) is 4.63. The molecule has 2 N–H and O–H groups in total. The molecule has 0 heterocycles. The van der Waals surface area contributed by atoms with E-state index >= 15 is 0 Å². The number of rotatable bonds is 17. The largest absolute Gasteiger partial charge is 0.491 e. The minimum absolute atomic E-state index is 0. The van der Waals surface area contributed by atoms with Gasteiger partial charge in [0.2, 0.25) is 11.8 Å².